The summed E-state index contributed by atoms with van der Waals surface area (Å²) in [6.45, 7) is 0.00956. The van der Waals surface area contributed by atoms with E-state index in [1.807, 2.05) is 0 Å². The van der Waals surface area contributed by atoms with E-state index >= 15 is 0 Å². The molecule has 8 nitrogen and oxygen atoms in total. The van der Waals surface area contributed by atoms with Crippen LogP contribution in [0.15, 0.2) is 24.3 Å². The minimum absolute atomic E-state index is 0.00956. The maximum Gasteiger partial charge on any atom is 0.332 e. The van der Waals surface area contributed by atoms with E-state index in [1.165, 1.54) is 24.3 Å². The highest BCUT2D eigenvalue weighted by Gasteiger charge is 2.13. The molecule has 0 aliphatic carbocycles. The van der Waals surface area contributed by atoms with Crippen LogP contribution >= 0.6 is 0 Å². The molecule has 0 aliphatic rings. The number of hydrogen-bond donors (Lipinski definition) is 4. The first kappa shape index (κ1) is 16.9. The average molecular weight is 316 g/mol. The second-order valence-electron chi connectivity index (χ2n) is 4.35. The summed E-state index contributed by atoms with van der Waals surface area (Å²) in [6, 6.07) is 5.72. The van der Waals surface area contributed by atoms with Gasteiger partial charge in [0.25, 0.3) is 5.91 Å². The number of aliphatic hydroxyl groups excluding tert-OH is 1. The maximum absolute atomic E-state index is 11.7. The van der Waals surface area contributed by atoms with Crippen LogP contribution in [0.4, 0.5) is 5.69 Å². The molecular formula is C12H16N2O6S. The van der Waals surface area contributed by atoms with Crippen molar-refractivity contribution >= 4 is 27.6 Å². The molecule has 0 aliphatic heterocycles. The molecular weight excluding hydrogens is 300 g/mol. The van der Waals surface area contributed by atoms with E-state index in [4.69, 9.17) is 10.2 Å². The molecule has 1 rings (SSSR count). The minimum Gasteiger partial charge on any atom is -0.479 e. The fourth-order valence-corrected chi connectivity index (χ4v) is 2.02. The van der Waals surface area contributed by atoms with Gasteiger partial charge in [-0.05, 0) is 24.3 Å². The second kappa shape index (κ2) is 7.04. The van der Waals surface area contributed by atoms with Crippen molar-refractivity contribution in [3.63, 3.8) is 0 Å². The topological polar surface area (TPSA) is 133 Å². The van der Waals surface area contributed by atoms with E-state index in [0.29, 0.717) is 11.3 Å². The van der Waals surface area contributed by atoms with Crippen molar-refractivity contribution in [2.24, 2.45) is 0 Å². The number of carboxylic acids is 1. The third kappa shape index (κ3) is 6.23. The summed E-state index contributed by atoms with van der Waals surface area (Å²) in [4.78, 5) is 22.1. The van der Waals surface area contributed by atoms with Crippen molar-refractivity contribution in [2.45, 2.75) is 12.5 Å². The average Bonchev–Trinajstić information content (AvgIpc) is 2.37. The molecule has 21 heavy (non-hydrogen) atoms. The first-order chi connectivity index (χ1) is 9.69. The molecule has 1 atom stereocenters. The molecule has 1 amide bonds. The minimum atomic E-state index is -3.38. The first-order valence-electron chi connectivity index (χ1n) is 5.96. The molecule has 116 valence electrons. The first-order valence-corrected chi connectivity index (χ1v) is 7.85. The number of nitrogens with one attached hydrogen (secondary N) is 2. The quantitative estimate of drug-likeness (QED) is 0.542. The summed E-state index contributed by atoms with van der Waals surface area (Å²) in [6.07, 6.45) is -0.609. The van der Waals surface area contributed by atoms with E-state index in [2.05, 4.69) is 10.0 Å². The Morgan fingerprint density at radius 3 is 2.29 bits per heavy atom. The highest BCUT2D eigenvalue weighted by molar-refractivity contribution is 7.92. The van der Waals surface area contributed by atoms with Crippen LogP contribution in [0.5, 0.6) is 0 Å². The molecule has 9 heteroatoms. The molecule has 0 spiro atoms. The normalized spacial score (nSPS) is 12.5. The number of carbonyl (C=O) groups is 2. The SMILES string of the molecule is CS(=O)(=O)Nc1ccc(C(=O)NCCC(O)C(=O)O)cc1. The van der Waals surface area contributed by atoms with E-state index < -0.39 is 28.0 Å². The Morgan fingerprint density at radius 1 is 1.24 bits per heavy atom. The van der Waals surface area contributed by atoms with Gasteiger partial charge in [-0.1, -0.05) is 0 Å². The van der Waals surface area contributed by atoms with Crippen LogP contribution in [0.25, 0.3) is 0 Å². The van der Waals surface area contributed by atoms with Crippen molar-refractivity contribution in [1.82, 2.24) is 5.32 Å². The van der Waals surface area contributed by atoms with Crippen LogP contribution in [-0.4, -0.2) is 49.4 Å². The Bertz CT molecular complexity index is 611. The van der Waals surface area contributed by atoms with Crippen LogP contribution in [0.3, 0.4) is 0 Å². The Balaban J connectivity index is 2.54. The van der Waals surface area contributed by atoms with Gasteiger partial charge < -0.3 is 15.5 Å². The van der Waals surface area contributed by atoms with E-state index in [1.54, 1.807) is 0 Å². The van der Waals surface area contributed by atoms with Crippen LogP contribution < -0.4 is 10.0 Å². The van der Waals surface area contributed by atoms with Crippen LogP contribution in [-0.2, 0) is 14.8 Å². The van der Waals surface area contributed by atoms with Gasteiger partial charge in [0, 0.05) is 24.2 Å². The number of aliphatic hydroxyl groups is 1. The second-order valence-corrected chi connectivity index (χ2v) is 6.10. The summed E-state index contributed by atoms with van der Waals surface area (Å²) in [5.41, 5.74) is 0.620. The number of anilines is 1. The number of amides is 1. The van der Waals surface area contributed by atoms with Gasteiger partial charge >= 0.3 is 5.97 Å². The van der Waals surface area contributed by atoms with Gasteiger partial charge in [-0.2, -0.15) is 0 Å². The lowest BCUT2D eigenvalue weighted by molar-refractivity contribution is -0.146. The molecule has 4 N–H and O–H groups in total. The molecule has 0 bridgehead atoms. The van der Waals surface area contributed by atoms with Crippen molar-refractivity contribution in [3.05, 3.63) is 29.8 Å². The lowest BCUT2D eigenvalue weighted by Gasteiger charge is -2.08. The number of rotatable bonds is 7. The molecule has 1 aromatic carbocycles. The maximum atomic E-state index is 11.7. The number of carbonyl (C=O) groups excluding carboxylic acids is 1. The van der Waals surface area contributed by atoms with Gasteiger partial charge in [0.1, 0.15) is 0 Å². The zero-order valence-electron chi connectivity index (χ0n) is 11.2. The molecule has 0 aromatic heterocycles. The largest absolute Gasteiger partial charge is 0.479 e. The Labute approximate surface area is 121 Å². The van der Waals surface area contributed by atoms with Gasteiger partial charge in [-0.15, -0.1) is 0 Å². The Kier molecular flexibility index (Phi) is 5.68. The van der Waals surface area contributed by atoms with Crippen molar-refractivity contribution < 1.29 is 28.2 Å². The van der Waals surface area contributed by atoms with Crippen molar-refractivity contribution in [3.8, 4) is 0 Å². The zero-order chi connectivity index (χ0) is 16.0. The van der Waals surface area contributed by atoms with Gasteiger partial charge in [0.2, 0.25) is 10.0 Å². The highest BCUT2D eigenvalue weighted by Crippen LogP contribution is 2.10. The summed E-state index contributed by atoms with van der Waals surface area (Å²) in [5.74, 6) is -1.79. The fraction of sp³-hybridized carbons (Fsp3) is 0.333. The predicted molar refractivity (Wildman–Crippen MR) is 75.5 cm³/mol. The smallest absolute Gasteiger partial charge is 0.332 e. The summed E-state index contributed by atoms with van der Waals surface area (Å²) >= 11 is 0. The standard InChI is InChI=1S/C12H16N2O6S/c1-21(19,20)14-9-4-2-8(3-5-9)11(16)13-7-6-10(15)12(17)18/h2-5,10,14-15H,6-7H2,1H3,(H,13,16)(H,17,18). The predicted octanol–water partition coefficient (Wildman–Crippen LogP) is -0.377. The summed E-state index contributed by atoms with van der Waals surface area (Å²) < 4.78 is 24.3. The molecule has 0 radical (unpaired) electrons. The lowest BCUT2D eigenvalue weighted by Crippen LogP contribution is -2.30. The van der Waals surface area contributed by atoms with Crippen LogP contribution in [0.1, 0.15) is 16.8 Å². The van der Waals surface area contributed by atoms with Gasteiger partial charge in [-0.25, -0.2) is 13.2 Å². The zero-order valence-corrected chi connectivity index (χ0v) is 12.1. The lowest BCUT2D eigenvalue weighted by atomic mass is 10.2. The highest BCUT2D eigenvalue weighted by atomic mass is 32.2. The Morgan fingerprint density at radius 2 is 1.81 bits per heavy atom. The molecule has 0 saturated carbocycles. The van der Waals surface area contributed by atoms with Crippen molar-refractivity contribution in [2.75, 3.05) is 17.5 Å². The monoisotopic (exact) mass is 316 g/mol. The van der Waals surface area contributed by atoms with E-state index in [0.717, 1.165) is 6.26 Å². The van der Waals surface area contributed by atoms with Crippen LogP contribution in [0.2, 0.25) is 0 Å². The molecule has 1 aromatic rings. The summed E-state index contributed by atoms with van der Waals surface area (Å²) in [5, 5.41) is 20.0. The van der Waals surface area contributed by atoms with Gasteiger partial charge in [0.15, 0.2) is 6.10 Å². The summed E-state index contributed by atoms with van der Waals surface area (Å²) in [7, 11) is -3.38. The molecule has 1 unspecified atom stereocenters. The number of aliphatic carboxylic acids is 1. The van der Waals surface area contributed by atoms with Gasteiger partial charge in [-0.3, -0.25) is 9.52 Å². The van der Waals surface area contributed by atoms with E-state index in [9.17, 15) is 18.0 Å². The third-order valence-corrected chi connectivity index (χ3v) is 3.05. The third-order valence-electron chi connectivity index (χ3n) is 2.44. The number of benzene rings is 1. The van der Waals surface area contributed by atoms with Crippen LogP contribution in [0, 0.1) is 0 Å². The van der Waals surface area contributed by atoms with Crippen molar-refractivity contribution in [1.29, 1.82) is 0 Å². The number of hydrogen-bond acceptors (Lipinski definition) is 5. The molecule has 0 heterocycles. The Hall–Kier alpha value is -2.13. The van der Waals surface area contributed by atoms with E-state index in [-0.39, 0.29) is 13.0 Å². The fourth-order valence-electron chi connectivity index (χ4n) is 1.45. The number of sulfonamides is 1. The molecule has 0 fully saturated rings. The van der Waals surface area contributed by atoms with Gasteiger partial charge in [0.05, 0.1) is 6.26 Å². The number of carboxylic acid groups (broad SMARTS) is 1. The molecule has 0 saturated heterocycles.